The van der Waals surface area contributed by atoms with E-state index >= 15 is 0 Å². The third kappa shape index (κ3) is 5.68. The molecule has 4 nitrogen and oxygen atoms in total. The van der Waals surface area contributed by atoms with Gasteiger partial charge in [-0.15, -0.1) is 0 Å². The number of rotatable bonds is 6. The van der Waals surface area contributed by atoms with Crippen molar-refractivity contribution < 1.29 is 14.3 Å². The number of nitrogens with zero attached hydrogens (tertiary/aromatic N) is 1. The molecule has 4 rings (SSSR count). The predicted molar refractivity (Wildman–Crippen MR) is 135 cm³/mol. The molecule has 0 spiro atoms. The molecule has 1 aliphatic heterocycles. The molecule has 0 atom stereocenters. The summed E-state index contributed by atoms with van der Waals surface area (Å²) in [6.45, 7) is 0.325. The van der Waals surface area contributed by atoms with Crippen molar-refractivity contribution in [1.82, 2.24) is 4.90 Å². The maximum absolute atomic E-state index is 12.9. The summed E-state index contributed by atoms with van der Waals surface area (Å²) >= 11 is 25.0. The number of carbonyl (C=O) groups excluding carboxylic acids is 2. The van der Waals surface area contributed by atoms with E-state index in [4.69, 9.17) is 51.1 Å². The summed E-state index contributed by atoms with van der Waals surface area (Å²) in [6, 6.07) is 17.4. The third-order valence-corrected chi connectivity index (χ3v) is 7.04. The van der Waals surface area contributed by atoms with Crippen LogP contribution in [-0.4, -0.2) is 16.0 Å². The largest absolute Gasteiger partial charge is 0.488 e. The Kier molecular flexibility index (Phi) is 7.57. The van der Waals surface area contributed by atoms with Crippen LogP contribution in [0.3, 0.4) is 0 Å². The number of benzene rings is 3. The first-order valence-corrected chi connectivity index (χ1v) is 12.0. The second-order valence-electron chi connectivity index (χ2n) is 7.08. The van der Waals surface area contributed by atoms with Crippen LogP contribution >= 0.6 is 58.2 Å². The van der Waals surface area contributed by atoms with E-state index < -0.39 is 0 Å². The van der Waals surface area contributed by atoms with Crippen molar-refractivity contribution in [2.75, 3.05) is 0 Å². The zero-order valence-electron chi connectivity index (χ0n) is 16.9. The van der Waals surface area contributed by atoms with E-state index in [1.165, 1.54) is 4.90 Å². The molecule has 33 heavy (non-hydrogen) atoms. The molecular weight excluding hydrogens is 524 g/mol. The van der Waals surface area contributed by atoms with Crippen molar-refractivity contribution in [3.8, 4) is 5.75 Å². The zero-order valence-corrected chi connectivity index (χ0v) is 20.7. The smallest absolute Gasteiger partial charge is 0.293 e. The van der Waals surface area contributed by atoms with Crippen LogP contribution in [0, 0.1) is 0 Å². The number of hydrogen-bond acceptors (Lipinski definition) is 4. The van der Waals surface area contributed by atoms with E-state index in [9.17, 15) is 9.59 Å². The minimum atomic E-state index is -0.383. The monoisotopic (exact) mass is 537 g/mol. The van der Waals surface area contributed by atoms with Crippen molar-refractivity contribution >= 4 is 75.4 Å². The minimum Gasteiger partial charge on any atom is -0.488 e. The molecule has 0 aliphatic carbocycles. The average Bonchev–Trinajstić information content (AvgIpc) is 3.04. The molecule has 0 radical (unpaired) electrons. The lowest BCUT2D eigenvalue weighted by molar-refractivity contribution is -0.123. The summed E-state index contributed by atoms with van der Waals surface area (Å²) in [5, 5.41) is 1.46. The number of para-hydroxylation sites is 1. The second kappa shape index (κ2) is 10.4. The van der Waals surface area contributed by atoms with Gasteiger partial charge in [-0.3, -0.25) is 14.5 Å². The minimum absolute atomic E-state index is 0.103. The number of carbonyl (C=O) groups is 2. The van der Waals surface area contributed by atoms with Gasteiger partial charge in [0.2, 0.25) is 0 Å². The Bertz CT molecular complexity index is 1280. The van der Waals surface area contributed by atoms with Gasteiger partial charge in [0, 0.05) is 21.2 Å². The number of imide groups is 1. The highest BCUT2D eigenvalue weighted by atomic mass is 35.5. The van der Waals surface area contributed by atoms with Crippen molar-refractivity contribution in [3.05, 3.63) is 102 Å². The van der Waals surface area contributed by atoms with Crippen molar-refractivity contribution in [3.63, 3.8) is 0 Å². The van der Waals surface area contributed by atoms with Crippen LogP contribution in [-0.2, 0) is 17.9 Å². The summed E-state index contributed by atoms with van der Waals surface area (Å²) < 4.78 is 5.94. The van der Waals surface area contributed by atoms with Crippen LogP contribution < -0.4 is 4.74 Å². The fourth-order valence-corrected chi connectivity index (χ4v) is 4.74. The predicted octanol–water partition coefficient (Wildman–Crippen LogP) is 8.12. The van der Waals surface area contributed by atoms with E-state index in [1.807, 2.05) is 18.2 Å². The molecule has 1 aliphatic rings. The van der Waals surface area contributed by atoms with Gasteiger partial charge in [-0.05, 0) is 53.7 Å². The number of thioether (sulfide) groups is 1. The fourth-order valence-electron chi connectivity index (χ4n) is 3.12. The highest BCUT2D eigenvalue weighted by molar-refractivity contribution is 8.18. The van der Waals surface area contributed by atoms with Crippen molar-refractivity contribution in [2.45, 2.75) is 13.2 Å². The highest BCUT2D eigenvalue weighted by Crippen LogP contribution is 2.35. The number of halogens is 4. The maximum Gasteiger partial charge on any atom is 0.293 e. The van der Waals surface area contributed by atoms with Gasteiger partial charge >= 0.3 is 0 Å². The molecule has 0 N–H and O–H groups in total. The van der Waals surface area contributed by atoms with Crippen molar-refractivity contribution in [1.29, 1.82) is 0 Å². The van der Waals surface area contributed by atoms with Gasteiger partial charge in [0.15, 0.2) is 0 Å². The van der Waals surface area contributed by atoms with E-state index in [-0.39, 0.29) is 24.3 Å². The third-order valence-electron chi connectivity index (χ3n) is 4.80. The lowest BCUT2D eigenvalue weighted by Gasteiger charge is -2.13. The lowest BCUT2D eigenvalue weighted by atomic mass is 10.1. The number of hydrogen-bond donors (Lipinski definition) is 0. The summed E-state index contributed by atoms with van der Waals surface area (Å²) in [7, 11) is 0. The van der Waals surface area contributed by atoms with E-state index in [2.05, 4.69) is 0 Å². The van der Waals surface area contributed by atoms with Gasteiger partial charge in [0.25, 0.3) is 11.1 Å². The van der Waals surface area contributed by atoms with Crippen LogP contribution in [0.25, 0.3) is 6.08 Å². The van der Waals surface area contributed by atoms with Crippen LogP contribution in [0.15, 0.2) is 65.6 Å². The maximum atomic E-state index is 12.9. The molecule has 0 saturated carbocycles. The lowest BCUT2D eigenvalue weighted by Crippen LogP contribution is -2.27. The zero-order chi connectivity index (χ0) is 23.5. The number of amides is 2. The van der Waals surface area contributed by atoms with Gasteiger partial charge < -0.3 is 4.74 Å². The SMILES string of the molecule is O=C1S/C(=C\c2ccccc2OCc2ccc(Cl)cc2Cl)C(=O)N1Cc1ccc(Cl)c(Cl)c1. The molecule has 1 saturated heterocycles. The van der Waals surface area contributed by atoms with Gasteiger partial charge in [0.1, 0.15) is 12.4 Å². The van der Waals surface area contributed by atoms with E-state index in [1.54, 1.807) is 48.5 Å². The van der Waals surface area contributed by atoms with E-state index in [0.29, 0.717) is 41.9 Å². The molecule has 3 aromatic rings. The molecule has 2 amide bonds. The second-order valence-corrected chi connectivity index (χ2v) is 9.73. The Hall–Kier alpha value is -2.15. The Balaban J connectivity index is 1.52. The molecule has 0 bridgehead atoms. The van der Waals surface area contributed by atoms with Crippen LogP contribution in [0.4, 0.5) is 4.79 Å². The normalized spacial score (nSPS) is 14.9. The Morgan fingerprint density at radius 3 is 2.42 bits per heavy atom. The fraction of sp³-hybridized carbons (Fsp3) is 0.0833. The molecule has 168 valence electrons. The Labute approximate surface area is 215 Å². The Morgan fingerprint density at radius 1 is 0.879 bits per heavy atom. The quantitative estimate of drug-likeness (QED) is 0.297. The summed E-state index contributed by atoms with van der Waals surface area (Å²) in [5.41, 5.74) is 2.15. The summed E-state index contributed by atoms with van der Waals surface area (Å²) in [6.07, 6.45) is 1.65. The summed E-state index contributed by atoms with van der Waals surface area (Å²) in [5.74, 6) is 0.173. The molecule has 0 unspecified atom stereocenters. The topological polar surface area (TPSA) is 46.6 Å². The average molecular weight is 539 g/mol. The van der Waals surface area contributed by atoms with Gasteiger partial charge in [-0.2, -0.15) is 0 Å². The van der Waals surface area contributed by atoms with E-state index in [0.717, 1.165) is 17.3 Å². The first-order chi connectivity index (χ1) is 15.8. The molecule has 1 fully saturated rings. The molecule has 9 heteroatoms. The number of ether oxygens (including phenoxy) is 1. The molecular formula is C24H15Cl4NO3S. The van der Waals surface area contributed by atoms with Crippen LogP contribution in [0.5, 0.6) is 5.75 Å². The van der Waals surface area contributed by atoms with Gasteiger partial charge in [-0.25, -0.2) is 0 Å². The first kappa shape index (κ1) is 24.0. The highest BCUT2D eigenvalue weighted by Gasteiger charge is 2.35. The molecule has 1 heterocycles. The summed E-state index contributed by atoms with van der Waals surface area (Å²) in [4.78, 5) is 26.9. The van der Waals surface area contributed by atoms with Crippen LogP contribution in [0.2, 0.25) is 20.1 Å². The van der Waals surface area contributed by atoms with Crippen LogP contribution in [0.1, 0.15) is 16.7 Å². The van der Waals surface area contributed by atoms with Crippen molar-refractivity contribution in [2.24, 2.45) is 0 Å². The van der Waals surface area contributed by atoms with Gasteiger partial charge in [0.05, 0.1) is 21.5 Å². The first-order valence-electron chi connectivity index (χ1n) is 9.67. The molecule has 3 aromatic carbocycles. The standard InChI is InChI=1S/C24H15Cl4NO3S/c25-17-7-6-16(19(27)11-17)13-32-21-4-2-1-3-15(21)10-22-23(30)29(24(31)33-22)12-14-5-8-18(26)20(28)9-14/h1-11H,12-13H2/b22-10-. The van der Waals surface area contributed by atoms with Gasteiger partial charge in [-0.1, -0.05) is 76.7 Å². The Morgan fingerprint density at radius 2 is 1.67 bits per heavy atom. The molecule has 0 aromatic heterocycles.